The number of H-pyrrole nitrogens is 1. The summed E-state index contributed by atoms with van der Waals surface area (Å²) in [6.07, 6.45) is 1.16. The molecule has 0 aliphatic heterocycles. The van der Waals surface area contributed by atoms with Crippen LogP contribution in [0.5, 0.6) is 0 Å². The van der Waals surface area contributed by atoms with E-state index >= 15 is 0 Å². The van der Waals surface area contributed by atoms with Crippen LogP contribution < -0.4 is 0 Å². The van der Waals surface area contributed by atoms with Gasteiger partial charge < -0.3 is 9.72 Å². The number of hydrogen-bond donors (Lipinski definition) is 1. The van der Waals surface area contributed by atoms with Gasteiger partial charge in [0.25, 0.3) is 0 Å². The van der Waals surface area contributed by atoms with Gasteiger partial charge in [0.15, 0.2) is 11.0 Å². The fourth-order valence-corrected chi connectivity index (χ4v) is 3.71. The number of nitrogens with one attached hydrogen (secondary N) is 1. The molecule has 0 spiro atoms. The average molecular weight is 391 g/mol. The zero-order valence-corrected chi connectivity index (χ0v) is 15.9. The molecule has 0 radical (unpaired) electrons. The number of aromatic nitrogens is 3. The molecule has 4 rings (SSSR count). The Balaban J connectivity index is 1.72. The minimum atomic E-state index is -1.06. The zero-order chi connectivity index (χ0) is 19.5. The van der Waals surface area contributed by atoms with E-state index in [1.54, 1.807) is 18.3 Å². The number of aromatic amines is 1. The first kappa shape index (κ1) is 18.1. The van der Waals surface area contributed by atoms with Crippen molar-refractivity contribution < 1.29 is 14.3 Å². The van der Waals surface area contributed by atoms with Crippen LogP contribution in [0.3, 0.4) is 0 Å². The van der Waals surface area contributed by atoms with Gasteiger partial charge in [0.05, 0.1) is 5.69 Å². The lowest BCUT2D eigenvalue weighted by Gasteiger charge is -2.17. The second-order valence-electron chi connectivity index (χ2n) is 6.21. The van der Waals surface area contributed by atoms with Gasteiger partial charge in [0.2, 0.25) is 5.78 Å². The molecule has 6 nitrogen and oxygen atoms in total. The summed E-state index contributed by atoms with van der Waals surface area (Å²) in [7, 11) is 0. The predicted molar refractivity (Wildman–Crippen MR) is 107 cm³/mol. The third-order valence-electron chi connectivity index (χ3n) is 4.50. The Morgan fingerprint density at radius 1 is 1.11 bits per heavy atom. The quantitative estimate of drug-likeness (QED) is 0.390. The summed E-state index contributed by atoms with van der Waals surface area (Å²) in [5.41, 5.74) is 2.52. The summed E-state index contributed by atoms with van der Waals surface area (Å²) in [6, 6.07) is 16.5. The van der Waals surface area contributed by atoms with Gasteiger partial charge in [-0.25, -0.2) is 4.79 Å². The molecule has 2 heterocycles. The van der Waals surface area contributed by atoms with E-state index in [9.17, 15) is 9.59 Å². The number of ketones is 1. The van der Waals surface area contributed by atoms with Crippen LogP contribution in [0.1, 0.15) is 44.3 Å². The second kappa shape index (κ2) is 7.74. The van der Waals surface area contributed by atoms with Gasteiger partial charge in [-0.2, -0.15) is 0 Å². The Labute approximate surface area is 165 Å². The van der Waals surface area contributed by atoms with Gasteiger partial charge in [-0.3, -0.25) is 4.79 Å². The van der Waals surface area contributed by atoms with Crippen LogP contribution in [0.15, 0.2) is 60.8 Å². The molecule has 0 bridgehead atoms. The van der Waals surface area contributed by atoms with E-state index in [2.05, 4.69) is 14.6 Å². The topological polar surface area (TPSA) is 84.9 Å². The number of benzene rings is 2. The lowest BCUT2D eigenvalue weighted by molar-refractivity contribution is 0.0284. The summed E-state index contributed by atoms with van der Waals surface area (Å²) in [6.45, 7) is 1.89. The fraction of sp³-hybridized carbons (Fsp3) is 0.143. The fourth-order valence-electron chi connectivity index (χ4n) is 3.07. The van der Waals surface area contributed by atoms with E-state index in [0.29, 0.717) is 28.1 Å². The number of para-hydroxylation sites is 1. The van der Waals surface area contributed by atoms with E-state index in [0.717, 1.165) is 22.4 Å². The van der Waals surface area contributed by atoms with Gasteiger partial charge in [0, 0.05) is 28.2 Å². The highest BCUT2D eigenvalue weighted by molar-refractivity contribution is 7.07. The summed E-state index contributed by atoms with van der Waals surface area (Å²) in [4.78, 5) is 29.5. The number of carbonyl (C=O) groups excluding carboxylic acids is 2. The van der Waals surface area contributed by atoms with Gasteiger partial charge in [-0.1, -0.05) is 59.9 Å². The molecule has 1 N–H and O–H groups in total. The molecule has 0 amide bonds. The Bertz CT molecular complexity index is 1130. The Morgan fingerprint density at radius 3 is 2.64 bits per heavy atom. The number of esters is 1. The molecule has 4 aromatic rings. The lowest BCUT2D eigenvalue weighted by Crippen LogP contribution is -2.20. The molecular formula is C21H17N3O3S. The van der Waals surface area contributed by atoms with Crippen molar-refractivity contribution in [3.05, 3.63) is 82.5 Å². The lowest BCUT2D eigenvalue weighted by atomic mass is 9.99. The van der Waals surface area contributed by atoms with Crippen LogP contribution in [-0.4, -0.2) is 26.3 Å². The van der Waals surface area contributed by atoms with E-state index in [-0.39, 0.29) is 5.78 Å². The van der Waals surface area contributed by atoms with Crippen LogP contribution in [0.2, 0.25) is 0 Å². The third-order valence-corrected chi connectivity index (χ3v) is 5.24. The summed E-state index contributed by atoms with van der Waals surface area (Å²) >= 11 is 0.978. The van der Waals surface area contributed by atoms with Gasteiger partial charge in [-0.15, -0.1) is 5.10 Å². The SMILES string of the molecule is CCc1nnsc1C(=O)O[C@@H](C(=O)c1c[nH]c2ccccc12)c1ccccc1. The van der Waals surface area contributed by atoms with Crippen molar-refractivity contribution in [2.24, 2.45) is 0 Å². The minimum absolute atomic E-state index is 0.285. The standard InChI is InChI=1S/C21H17N3O3S/c1-2-16-20(28-24-23-16)21(26)27-19(13-8-4-3-5-9-13)18(25)15-12-22-17-11-7-6-10-14(15)17/h3-12,19,22H,2H2,1H3/t19-/m1/s1. The van der Waals surface area contributed by atoms with Crippen LogP contribution in [0, 0.1) is 0 Å². The normalized spacial score (nSPS) is 12.0. The predicted octanol–water partition coefficient (Wildman–Crippen LogP) is 4.36. The number of carbonyl (C=O) groups is 2. The molecule has 7 heteroatoms. The number of rotatable bonds is 6. The maximum atomic E-state index is 13.4. The molecule has 0 unspecified atom stereocenters. The Hall–Kier alpha value is -3.32. The van der Waals surface area contributed by atoms with Crippen molar-refractivity contribution in [3.8, 4) is 0 Å². The number of aryl methyl sites for hydroxylation is 1. The second-order valence-corrected chi connectivity index (χ2v) is 6.96. The van der Waals surface area contributed by atoms with Crippen LogP contribution in [0.4, 0.5) is 0 Å². The van der Waals surface area contributed by atoms with Crippen molar-refractivity contribution in [1.82, 2.24) is 14.6 Å². The Kier molecular flexibility index (Phi) is 4.99. The molecule has 1 atom stereocenters. The molecular weight excluding hydrogens is 374 g/mol. The molecule has 0 saturated heterocycles. The highest BCUT2D eigenvalue weighted by atomic mass is 32.1. The number of ether oxygens (including phenoxy) is 1. The number of nitrogens with zero attached hydrogens (tertiary/aromatic N) is 2. The maximum Gasteiger partial charge on any atom is 0.353 e. The summed E-state index contributed by atoms with van der Waals surface area (Å²) in [5.74, 6) is -0.874. The Morgan fingerprint density at radius 2 is 1.86 bits per heavy atom. The van der Waals surface area contributed by atoms with Crippen molar-refractivity contribution in [3.63, 3.8) is 0 Å². The van der Waals surface area contributed by atoms with Gasteiger partial charge in [-0.05, 0) is 24.0 Å². The molecule has 2 aromatic heterocycles. The van der Waals surface area contributed by atoms with Crippen molar-refractivity contribution >= 4 is 34.2 Å². The molecule has 28 heavy (non-hydrogen) atoms. The van der Waals surface area contributed by atoms with E-state index in [4.69, 9.17) is 4.74 Å². The third kappa shape index (κ3) is 3.32. The smallest absolute Gasteiger partial charge is 0.353 e. The summed E-state index contributed by atoms with van der Waals surface area (Å²) in [5, 5.41) is 4.74. The average Bonchev–Trinajstić information content (AvgIpc) is 3.39. The van der Waals surface area contributed by atoms with Gasteiger partial charge >= 0.3 is 5.97 Å². The number of fused-ring (bicyclic) bond motifs is 1. The molecule has 0 saturated carbocycles. The zero-order valence-electron chi connectivity index (χ0n) is 15.1. The maximum absolute atomic E-state index is 13.4. The van der Waals surface area contributed by atoms with E-state index in [1.165, 1.54) is 0 Å². The van der Waals surface area contributed by atoms with Crippen molar-refractivity contribution in [2.45, 2.75) is 19.4 Å². The highest BCUT2D eigenvalue weighted by Gasteiger charge is 2.30. The first-order valence-electron chi connectivity index (χ1n) is 8.86. The van der Waals surface area contributed by atoms with Crippen molar-refractivity contribution in [2.75, 3.05) is 0 Å². The van der Waals surface area contributed by atoms with Crippen molar-refractivity contribution in [1.29, 1.82) is 0 Å². The molecule has 2 aromatic carbocycles. The molecule has 140 valence electrons. The van der Waals surface area contributed by atoms with Crippen LogP contribution in [0.25, 0.3) is 10.9 Å². The van der Waals surface area contributed by atoms with Gasteiger partial charge in [0.1, 0.15) is 0 Å². The molecule has 0 fully saturated rings. The minimum Gasteiger partial charge on any atom is -0.445 e. The monoisotopic (exact) mass is 391 g/mol. The van der Waals surface area contributed by atoms with Crippen LogP contribution >= 0.6 is 11.5 Å². The number of Topliss-reactive ketones (excluding diaryl/α,β-unsaturated/α-hetero) is 1. The van der Waals surface area contributed by atoms with Crippen LogP contribution in [-0.2, 0) is 11.2 Å². The molecule has 0 aliphatic carbocycles. The summed E-state index contributed by atoms with van der Waals surface area (Å²) < 4.78 is 9.52. The first-order valence-corrected chi connectivity index (χ1v) is 9.64. The number of hydrogen-bond acceptors (Lipinski definition) is 6. The molecule has 0 aliphatic rings. The highest BCUT2D eigenvalue weighted by Crippen LogP contribution is 2.28. The largest absolute Gasteiger partial charge is 0.445 e. The first-order chi connectivity index (χ1) is 13.7. The van der Waals surface area contributed by atoms with E-state index in [1.807, 2.05) is 49.4 Å². The van der Waals surface area contributed by atoms with E-state index < -0.39 is 12.1 Å².